The molecule has 0 fully saturated rings. The van der Waals surface area contributed by atoms with Gasteiger partial charge in [-0.25, -0.2) is 4.98 Å². The molecule has 0 bridgehead atoms. The summed E-state index contributed by atoms with van der Waals surface area (Å²) in [5, 5.41) is 9.11. The summed E-state index contributed by atoms with van der Waals surface area (Å²) in [6.07, 6.45) is 1.04. The molecule has 0 aliphatic heterocycles. The first-order valence-electron chi connectivity index (χ1n) is 6.05. The van der Waals surface area contributed by atoms with E-state index in [-0.39, 0.29) is 6.61 Å². The highest BCUT2D eigenvalue weighted by atomic mass is 16.3. The third-order valence-corrected chi connectivity index (χ3v) is 2.91. The SMILES string of the molecule is CCCN(CCO)c1nc2ccccc2n1C. The molecule has 0 radical (unpaired) electrons. The molecule has 0 atom stereocenters. The first-order valence-corrected chi connectivity index (χ1v) is 6.05. The lowest BCUT2D eigenvalue weighted by atomic mass is 10.3. The van der Waals surface area contributed by atoms with Crippen molar-refractivity contribution >= 4 is 17.0 Å². The molecule has 0 aliphatic carbocycles. The average molecular weight is 233 g/mol. The number of imidazole rings is 1. The number of rotatable bonds is 5. The van der Waals surface area contributed by atoms with E-state index in [0.29, 0.717) is 6.54 Å². The maximum absolute atomic E-state index is 9.11. The molecule has 0 saturated heterocycles. The minimum atomic E-state index is 0.156. The van der Waals surface area contributed by atoms with E-state index in [0.717, 1.165) is 29.9 Å². The summed E-state index contributed by atoms with van der Waals surface area (Å²) < 4.78 is 2.08. The van der Waals surface area contributed by atoms with E-state index in [1.54, 1.807) is 0 Å². The molecular formula is C13H19N3O. The number of hydrogen-bond acceptors (Lipinski definition) is 3. The lowest BCUT2D eigenvalue weighted by Crippen LogP contribution is -2.29. The molecule has 0 spiro atoms. The molecule has 1 heterocycles. The normalized spacial score (nSPS) is 11.0. The summed E-state index contributed by atoms with van der Waals surface area (Å²) in [7, 11) is 2.02. The van der Waals surface area contributed by atoms with Crippen molar-refractivity contribution in [2.75, 3.05) is 24.6 Å². The van der Waals surface area contributed by atoms with Crippen molar-refractivity contribution < 1.29 is 5.11 Å². The third-order valence-electron chi connectivity index (χ3n) is 2.91. The van der Waals surface area contributed by atoms with Gasteiger partial charge in [-0.2, -0.15) is 0 Å². The number of aromatic nitrogens is 2. The van der Waals surface area contributed by atoms with Crippen molar-refractivity contribution in [3.05, 3.63) is 24.3 Å². The Hall–Kier alpha value is -1.55. The van der Waals surface area contributed by atoms with Gasteiger partial charge in [-0.15, -0.1) is 0 Å². The second-order valence-corrected chi connectivity index (χ2v) is 4.17. The van der Waals surface area contributed by atoms with Gasteiger partial charge in [0, 0.05) is 20.1 Å². The number of nitrogens with zero attached hydrogens (tertiary/aromatic N) is 3. The Morgan fingerprint density at radius 1 is 1.29 bits per heavy atom. The third kappa shape index (κ3) is 2.26. The molecule has 1 aromatic heterocycles. The molecule has 1 N–H and O–H groups in total. The van der Waals surface area contributed by atoms with Gasteiger partial charge < -0.3 is 14.6 Å². The Balaban J connectivity index is 2.42. The molecule has 0 amide bonds. The Bertz CT molecular complexity index is 486. The highest BCUT2D eigenvalue weighted by Gasteiger charge is 2.13. The van der Waals surface area contributed by atoms with Crippen LogP contribution in [0.25, 0.3) is 11.0 Å². The highest BCUT2D eigenvalue weighted by Crippen LogP contribution is 2.20. The molecule has 4 heteroatoms. The van der Waals surface area contributed by atoms with Gasteiger partial charge in [0.25, 0.3) is 0 Å². The number of aryl methyl sites for hydroxylation is 1. The number of para-hydroxylation sites is 2. The Morgan fingerprint density at radius 3 is 2.71 bits per heavy atom. The van der Waals surface area contributed by atoms with Crippen molar-refractivity contribution in [2.24, 2.45) is 7.05 Å². The van der Waals surface area contributed by atoms with Crippen molar-refractivity contribution in [3.8, 4) is 0 Å². The van der Waals surface area contributed by atoms with E-state index in [2.05, 4.69) is 27.4 Å². The van der Waals surface area contributed by atoms with Crippen LogP contribution in [0.15, 0.2) is 24.3 Å². The van der Waals surface area contributed by atoms with E-state index in [4.69, 9.17) is 5.11 Å². The van der Waals surface area contributed by atoms with E-state index in [1.165, 1.54) is 0 Å². The molecule has 1 aromatic carbocycles. The van der Waals surface area contributed by atoms with Crippen molar-refractivity contribution in [1.29, 1.82) is 0 Å². The Morgan fingerprint density at radius 2 is 2.06 bits per heavy atom. The van der Waals surface area contributed by atoms with E-state index < -0.39 is 0 Å². The molecule has 17 heavy (non-hydrogen) atoms. The minimum absolute atomic E-state index is 0.156. The molecule has 0 saturated carbocycles. The minimum Gasteiger partial charge on any atom is -0.395 e. The van der Waals surface area contributed by atoms with Gasteiger partial charge in [0.05, 0.1) is 17.6 Å². The van der Waals surface area contributed by atoms with Crippen LogP contribution in [-0.2, 0) is 7.05 Å². The van der Waals surface area contributed by atoms with Crippen LogP contribution in [0.5, 0.6) is 0 Å². The number of benzene rings is 1. The lowest BCUT2D eigenvalue weighted by Gasteiger charge is -2.21. The zero-order valence-corrected chi connectivity index (χ0v) is 10.4. The fourth-order valence-electron chi connectivity index (χ4n) is 2.12. The van der Waals surface area contributed by atoms with Gasteiger partial charge in [-0.3, -0.25) is 0 Å². The van der Waals surface area contributed by atoms with E-state index in [9.17, 15) is 0 Å². The predicted octanol–water partition coefficient (Wildman–Crippen LogP) is 1.78. The number of fused-ring (bicyclic) bond motifs is 1. The number of aliphatic hydroxyl groups excluding tert-OH is 1. The van der Waals surface area contributed by atoms with E-state index >= 15 is 0 Å². The first kappa shape index (κ1) is 11.9. The second kappa shape index (κ2) is 5.19. The first-order chi connectivity index (χ1) is 8.27. The molecule has 0 aliphatic rings. The molecule has 92 valence electrons. The summed E-state index contributed by atoms with van der Waals surface area (Å²) in [5.41, 5.74) is 2.13. The largest absolute Gasteiger partial charge is 0.395 e. The van der Waals surface area contributed by atoms with Crippen molar-refractivity contribution in [1.82, 2.24) is 9.55 Å². The van der Waals surface area contributed by atoms with Crippen molar-refractivity contribution in [2.45, 2.75) is 13.3 Å². The Kier molecular flexibility index (Phi) is 3.64. The zero-order valence-electron chi connectivity index (χ0n) is 10.4. The van der Waals surface area contributed by atoms with Gasteiger partial charge in [-0.1, -0.05) is 19.1 Å². The maximum atomic E-state index is 9.11. The highest BCUT2D eigenvalue weighted by molar-refractivity contribution is 5.78. The standard InChI is InChI=1S/C13H19N3O/c1-3-8-16(9-10-17)13-14-11-6-4-5-7-12(11)15(13)2/h4-7,17H,3,8-10H2,1-2H3. The number of aliphatic hydroxyl groups is 1. The van der Waals surface area contributed by atoms with Crippen LogP contribution in [0.3, 0.4) is 0 Å². The van der Waals surface area contributed by atoms with Crippen LogP contribution in [0.1, 0.15) is 13.3 Å². The summed E-state index contributed by atoms with van der Waals surface area (Å²) in [6.45, 7) is 3.83. The predicted molar refractivity (Wildman–Crippen MR) is 70.3 cm³/mol. The van der Waals surface area contributed by atoms with E-state index in [1.807, 2.05) is 25.2 Å². The maximum Gasteiger partial charge on any atom is 0.206 e. The van der Waals surface area contributed by atoms with Gasteiger partial charge in [0.1, 0.15) is 0 Å². The van der Waals surface area contributed by atoms with Gasteiger partial charge >= 0.3 is 0 Å². The quantitative estimate of drug-likeness (QED) is 0.856. The van der Waals surface area contributed by atoms with Gasteiger partial charge in [0.15, 0.2) is 0 Å². The van der Waals surface area contributed by atoms with Crippen molar-refractivity contribution in [3.63, 3.8) is 0 Å². The topological polar surface area (TPSA) is 41.3 Å². The molecule has 2 rings (SSSR count). The summed E-state index contributed by atoms with van der Waals surface area (Å²) >= 11 is 0. The summed E-state index contributed by atoms with van der Waals surface area (Å²) in [6, 6.07) is 8.09. The van der Waals surface area contributed by atoms with Gasteiger partial charge in [-0.05, 0) is 18.6 Å². The zero-order chi connectivity index (χ0) is 12.3. The van der Waals surface area contributed by atoms with Crippen LogP contribution < -0.4 is 4.90 Å². The van der Waals surface area contributed by atoms with Gasteiger partial charge in [0.2, 0.25) is 5.95 Å². The number of anilines is 1. The fraction of sp³-hybridized carbons (Fsp3) is 0.462. The molecule has 4 nitrogen and oxygen atoms in total. The monoisotopic (exact) mass is 233 g/mol. The van der Waals surface area contributed by atoms with Crippen LogP contribution in [0.4, 0.5) is 5.95 Å². The summed E-state index contributed by atoms with van der Waals surface area (Å²) in [4.78, 5) is 6.75. The summed E-state index contributed by atoms with van der Waals surface area (Å²) in [5.74, 6) is 0.933. The smallest absolute Gasteiger partial charge is 0.206 e. The molecule has 2 aromatic rings. The van der Waals surface area contributed by atoms with Crippen LogP contribution >= 0.6 is 0 Å². The van der Waals surface area contributed by atoms with Crippen LogP contribution in [0, 0.1) is 0 Å². The second-order valence-electron chi connectivity index (χ2n) is 4.17. The van der Waals surface area contributed by atoms with Crippen LogP contribution in [-0.4, -0.2) is 34.4 Å². The lowest BCUT2D eigenvalue weighted by molar-refractivity contribution is 0.301. The average Bonchev–Trinajstić information content (AvgIpc) is 2.67. The Labute approximate surface area is 101 Å². The number of hydrogen-bond donors (Lipinski definition) is 1. The van der Waals surface area contributed by atoms with Crippen LogP contribution in [0.2, 0.25) is 0 Å². The molecule has 0 unspecified atom stereocenters. The fourth-order valence-corrected chi connectivity index (χ4v) is 2.12. The molecular weight excluding hydrogens is 214 g/mol.